The third-order valence-corrected chi connectivity index (χ3v) is 2.03. The van der Waals surface area contributed by atoms with Crippen LogP contribution < -0.4 is 16.6 Å². The van der Waals surface area contributed by atoms with Crippen LogP contribution in [0, 0.1) is 12.8 Å². The number of pyridine rings is 1. The van der Waals surface area contributed by atoms with Gasteiger partial charge in [0.2, 0.25) is 0 Å². The predicted octanol–water partition coefficient (Wildman–Crippen LogP) is 1.06. The van der Waals surface area contributed by atoms with E-state index < -0.39 is 0 Å². The maximum Gasteiger partial charge on any atom is 0.251 e. The van der Waals surface area contributed by atoms with Crippen LogP contribution in [-0.4, -0.2) is 17.4 Å². The normalized spacial score (nSPS) is 10.3. The van der Waals surface area contributed by atoms with Gasteiger partial charge in [-0.05, 0) is 25.0 Å². The number of hydrogen-bond donors (Lipinski definition) is 3. The quantitative estimate of drug-likeness (QED) is 0.525. The summed E-state index contributed by atoms with van der Waals surface area (Å²) in [6.45, 7) is 6.57. The number of hydrogen-bond acceptors (Lipinski definition) is 4. The zero-order valence-electron chi connectivity index (χ0n) is 9.87. The Hall–Kier alpha value is -1.62. The van der Waals surface area contributed by atoms with Crippen LogP contribution in [0.2, 0.25) is 0 Å². The van der Waals surface area contributed by atoms with Crippen molar-refractivity contribution in [1.29, 1.82) is 0 Å². The zero-order valence-corrected chi connectivity index (χ0v) is 9.87. The van der Waals surface area contributed by atoms with Gasteiger partial charge in [-0.1, -0.05) is 13.8 Å². The Morgan fingerprint density at radius 2 is 2.19 bits per heavy atom. The van der Waals surface area contributed by atoms with Crippen LogP contribution in [0.15, 0.2) is 12.1 Å². The highest BCUT2D eigenvalue weighted by Gasteiger charge is 2.08. The van der Waals surface area contributed by atoms with E-state index in [2.05, 4.69) is 15.7 Å². The van der Waals surface area contributed by atoms with E-state index >= 15 is 0 Å². The fourth-order valence-electron chi connectivity index (χ4n) is 1.27. The van der Waals surface area contributed by atoms with Crippen molar-refractivity contribution in [2.75, 3.05) is 12.0 Å². The van der Waals surface area contributed by atoms with Crippen molar-refractivity contribution in [1.82, 2.24) is 10.3 Å². The molecule has 0 saturated carbocycles. The molecule has 1 amide bonds. The molecule has 0 bridgehead atoms. The second-order valence-electron chi connectivity index (χ2n) is 4.13. The van der Waals surface area contributed by atoms with Crippen LogP contribution in [0.1, 0.15) is 29.9 Å². The maximum absolute atomic E-state index is 11.8. The molecule has 5 nitrogen and oxygen atoms in total. The first-order chi connectivity index (χ1) is 7.52. The first-order valence-corrected chi connectivity index (χ1v) is 5.26. The van der Waals surface area contributed by atoms with Crippen molar-refractivity contribution < 1.29 is 4.79 Å². The molecule has 16 heavy (non-hydrogen) atoms. The van der Waals surface area contributed by atoms with Crippen LogP contribution in [0.25, 0.3) is 0 Å². The minimum absolute atomic E-state index is 0.101. The molecular formula is C11H18N4O. The van der Waals surface area contributed by atoms with Crippen LogP contribution in [0.4, 0.5) is 5.82 Å². The maximum atomic E-state index is 11.8. The lowest BCUT2D eigenvalue weighted by molar-refractivity contribution is 0.0949. The molecule has 0 radical (unpaired) electrons. The van der Waals surface area contributed by atoms with E-state index in [1.165, 1.54) is 0 Å². The van der Waals surface area contributed by atoms with Gasteiger partial charge in [0.05, 0.1) is 0 Å². The molecule has 0 spiro atoms. The molecule has 1 aromatic rings. The van der Waals surface area contributed by atoms with Gasteiger partial charge in [0, 0.05) is 17.8 Å². The summed E-state index contributed by atoms with van der Waals surface area (Å²) in [6, 6.07) is 3.36. The molecule has 0 fully saturated rings. The summed E-state index contributed by atoms with van der Waals surface area (Å²) in [5.74, 6) is 6.09. The number of nitrogen functional groups attached to an aromatic ring is 1. The number of rotatable bonds is 4. The lowest BCUT2D eigenvalue weighted by Crippen LogP contribution is -2.27. The van der Waals surface area contributed by atoms with E-state index in [4.69, 9.17) is 5.84 Å². The summed E-state index contributed by atoms with van der Waals surface area (Å²) >= 11 is 0. The van der Waals surface area contributed by atoms with Crippen molar-refractivity contribution in [3.05, 3.63) is 23.4 Å². The fourth-order valence-corrected chi connectivity index (χ4v) is 1.27. The molecule has 88 valence electrons. The summed E-state index contributed by atoms with van der Waals surface area (Å²) in [7, 11) is 0. The van der Waals surface area contributed by atoms with E-state index in [9.17, 15) is 4.79 Å². The molecule has 0 aliphatic heterocycles. The van der Waals surface area contributed by atoms with Gasteiger partial charge in [-0.15, -0.1) is 0 Å². The molecule has 0 aromatic carbocycles. The molecule has 0 aliphatic carbocycles. The first-order valence-electron chi connectivity index (χ1n) is 5.26. The van der Waals surface area contributed by atoms with Gasteiger partial charge in [-0.3, -0.25) is 4.79 Å². The lowest BCUT2D eigenvalue weighted by Gasteiger charge is -2.09. The van der Waals surface area contributed by atoms with E-state index in [0.29, 0.717) is 23.8 Å². The van der Waals surface area contributed by atoms with Crippen LogP contribution >= 0.6 is 0 Å². The summed E-state index contributed by atoms with van der Waals surface area (Å²) in [5, 5.41) is 2.84. The van der Waals surface area contributed by atoms with Gasteiger partial charge < -0.3 is 10.7 Å². The molecule has 4 N–H and O–H groups in total. The Morgan fingerprint density at radius 1 is 1.50 bits per heavy atom. The van der Waals surface area contributed by atoms with Gasteiger partial charge in [-0.25, -0.2) is 10.8 Å². The number of nitrogens with zero attached hydrogens (tertiary/aromatic N) is 1. The summed E-state index contributed by atoms with van der Waals surface area (Å²) < 4.78 is 0. The number of nitrogens with two attached hydrogens (primary N) is 1. The Bertz CT molecular complexity index is 376. The molecule has 5 heteroatoms. The van der Waals surface area contributed by atoms with Gasteiger partial charge >= 0.3 is 0 Å². The summed E-state index contributed by atoms with van der Waals surface area (Å²) in [5.41, 5.74) is 3.76. The number of aryl methyl sites for hydroxylation is 1. The highest BCUT2D eigenvalue weighted by Crippen LogP contribution is 2.09. The van der Waals surface area contributed by atoms with E-state index in [1.807, 2.05) is 20.8 Å². The Morgan fingerprint density at radius 3 is 2.75 bits per heavy atom. The molecule has 0 saturated heterocycles. The van der Waals surface area contributed by atoms with Crippen molar-refractivity contribution in [3.63, 3.8) is 0 Å². The Balaban J connectivity index is 2.78. The average Bonchev–Trinajstić information content (AvgIpc) is 2.24. The number of hydrazine groups is 1. The standard InChI is InChI=1S/C11H18N4O/c1-7(2)6-13-11(16)9-4-8(3)14-10(5-9)15-12/h4-5,7H,6,12H2,1-3H3,(H,13,16)(H,14,15). The lowest BCUT2D eigenvalue weighted by atomic mass is 10.2. The second kappa shape index (κ2) is 5.46. The van der Waals surface area contributed by atoms with E-state index in [0.717, 1.165) is 5.69 Å². The van der Waals surface area contributed by atoms with Crippen molar-refractivity contribution in [3.8, 4) is 0 Å². The van der Waals surface area contributed by atoms with Crippen molar-refractivity contribution in [2.24, 2.45) is 11.8 Å². The van der Waals surface area contributed by atoms with Crippen LogP contribution in [0.3, 0.4) is 0 Å². The topological polar surface area (TPSA) is 80.0 Å². The van der Waals surface area contributed by atoms with Crippen LogP contribution in [0.5, 0.6) is 0 Å². The van der Waals surface area contributed by atoms with Gasteiger partial charge in [0.15, 0.2) is 0 Å². The smallest absolute Gasteiger partial charge is 0.251 e. The van der Waals surface area contributed by atoms with Crippen molar-refractivity contribution >= 4 is 11.7 Å². The Kier molecular flexibility index (Phi) is 4.25. The minimum atomic E-state index is -0.101. The van der Waals surface area contributed by atoms with Crippen molar-refractivity contribution in [2.45, 2.75) is 20.8 Å². The fraction of sp³-hybridized carbons (Fsp3) is 0.455. The highest BCUT2D eigenvalue weighted by molar-refractivity contribution is 5.94. The zero-order chi connectivity index (χ0) is 12.1. The summed E-state index contributed by atoms with van der Waals surface area (Å²) in [4.78, 5) is 15.9. The second-order valence-corrected chi connectivity index (χ2v) is 4.13. The average molecular weight is 222 g/mol. The molecule has 1 rings (SSSR count). The number of carbonyl (C=O) groups excluding carboxylic acids is 1. The minimum Gasteiger partial charge on any atom is -0.352 e. The van der Waals surface area contributed by atoms with Gasteiger partial charge in [0.1, 0.15) is 5.82 Å². The van der Waals surface area contributed by atoms with Gasteiger partial charge in [0.25, 0.3) is 5.91 Å². The molecule has 0 atom stereocenters. The molecule has 0 unspecified atom stereocenters. The SMILES string of the molecule is Cc1cc(C(=O)NCC(C)C)cc(NN)n1. The van der Waals surface area contributed by atoms with E-state index in [-0.39, 0.29) is 5.91 Å². The monoisotopic (exact) mass is 222 g/mol. The first kappa shape index (κ1) is 12.4. The molecule has 1 aromatic heterocycles. The number of amides is 1. The third-order valence-electron chi connectivity index (χ3n) is 2.03. The summed E-state index contributed by atoms with van der Waals surface area (Å²) in [6.07, 6.45) is 0. The largest absolute Gasteiger partial charge is 0.352 e. The number of nitrogens with one attached hydrogen (secondary N) is 2. The molecular weight excluding hydrogens is 204 g/mol. The number of carbonyl (C=O) groups is 1. The van der Waals surface area contributed by atoms with Gasteiger partial charge in [-0.2, -0.15) is 0 Å². The number of aromatic nitrogens is 1. The molecule has 0 aliphatic rings. The molecule has 1 heterocycles. The number of anilines is 1. The van der Waals surface area contributed by atoms with E-state index in [1.54, 1.807) is 12.1 Å². The Labute approximate surface area is 95.4 Å². The highest BCUT2D eigenvalue weighted by atomic mass is 16.1. The predicted molar refractivity (Wildman–Crippen MR) is 64.0 cm³/mol. The third kappa shape index (κ3) is 3.51. The van der Waals surface area contributed by atoms with Crippen LogP contribution in [-0.2, 0) is 0 Å².